The molecule has 0 aromatic heterocycles. The van der Waals surface area contributed by atoms with E-state index >= 15 is 0 Å². The highest BCUT2D eigenvalue weighted by Gasteiger charge is 2.22. The molecule has 1 aromatic rings. The number of anilines is 2. The Bertz CT molecular complexity index is 589. The van der Waals surface area contributed by atoms with Gasteiger partial charge in [0.15, 0.2) is 0 Å². The topological polar surface area (TPSA) is 101 Å². The number of nitrogens with two attached hydrogens (primary N) is 1. The van der Waals surface area contributed by atoms with Gasteiger partial charge < -0.3 is 11.1 Å². The first-order chi connectivity index (χ1) is 8.49. The fourth-order valence-corrected chi connectivity index (χ4v) is 1.92. The van der Waals surface area contributed by atoms with E-state index in [1.165, 1.54) is 0 Å². The van der Waals surface area contributed by atoms with Crippen LogP contribution in [0.1, 0.15) is 19.4 Å². The summed E-state index contributed by atoms with van der Waals surface area (Å²) in [6.45, 7) is 4.95. The van der Waals surface area contributed by atoms with Gasteiger partial charge in [-0.25, -0.2) is 8.42 Å². The molecule has 0 unspecified atom stereocenters. The van der Waals surface area contributed by atoms with Gasteiger partial charge in [-0.2, -0.15) is 0 Å². The van der Waals surface area contributed by atoms with Crippen LogP contribution in [0.2, 0.25) is 0 Å². The van der Waals surface area contributed by atoms with Crippen LogP contribution in [0.5, 0.6) is 0 Å². The van der Waals surface area contributed by atoms with Gasteiger partial charge in [0.2, 0.25) is 15.9 Å². The van der Waals surface area contributed by atoms with E-state index < -0.39 is 15.6 Å². The Balaban J connectivity index is 3.00. The van der Waals surface area contributed by atoms with Gasteiger partial charge in [-0.15, -0.1) is 0 Å². The lowest BCUT2D eigenvalue weighted by Gasteiger charge is -2.18. The number of nitrogens with one attached hydrogen (secondary N) is 2. The third-order valence-electron chi connectivity index (χ3n) is 2.38. The molecule has 1 amide bonds. The first-order valence-electron chi connectivity index (χ1n) is 5.68. The molecule has 0 aliphatic rings. The molecule has 0 aliphatic carbocycles. The second kappa shape index (κ2) is 5.18. The van der Waals surface area contributed by atoms with E-state index in [9.17, 15) is 13.2 Å². The number of hydrogen-bond acceptors (Lipinski definition) is 4. The monoisotopic (exact) mass is 285 g/mol. The Morgan fingerprint density at radius 3 is 2.37 bits per heavy atom. The SMILES string of the molecule is Cc1ccc(NC(=O)C(C)(C)N)cc1NS(C)(=O)=O. The van der Waals surface area contributed by atoms with Crippen molar-refractivity contribution in [3.8, 4) is 0 Å². The second-order valence-electron chi connectivity index (χ2n) is 5.08. The second-order valence-corrected chi connectivity index (χ2v) is 6.83. The standard InChI is InChI=1S/C12H19N3O3S/c1-8-5-6-9(14-11(16)12(2,3)13)7-10(8)15-19(4,17)18/h5-7,15H,13H2,1-4H3,(H,14,16). The number of benzene rings is 1. The van der Waals surface area contributed by atoms with Crippen molar-refractivity contribution in [1.82, 2.24) is 0 Å². The van der Waals surface area contributed by atoms with E-state index in [0.717, 1.165) is 11.8 Å². The molecule has 0 aliphatic heterocycles. The van der Waals surface area contributed by atoms with Crippen LogP contribution in [-0.4, -0.2) is 26.1 Å². The first kappa shape index (κ1) is 15.5. The molecule has 0 spiro atoms. The Labute approximate surface area is 113 Å². The van der Waals surface area contributed by atoms with Crippen molar-refractivity contribution in [3.63, 3.8) is 0 Å². The smallest absolute Gasteiger partial charge is 0.243 e. The summed E-state index contributed by atoms with van der Waals surface area (Å²) in [6, 6.07) is 4.96. The van der Waals surface area contributed by atoms with Gasteiger partial charge >= 0.3 is 0 Å². The summed E-state index contributed by atoms with van der Waals surface area (Å²) >= 11 is 0. The fraction of sp³-hybridized carbons (Fsp3) is 0.417. The van der Waals surface area contributed by atoms with Crippen LogP contribution in [0.3, 0.4) is 0 Å². The van der Waals surface area contributed by atoms with Crippen LogP contribution in [-0.2, 0) is 14.8 Å². The van der Waals surface area contributed by atoms with Crippen LogP contribution in [0.4, 0.5) is 11.4 Å². The zero-order valence-electron chi connectivity index (χ0n) is 11.4. The lowest BCUT2D eigenvalue weighted by Crippen LogP contribution is -2.45. The zero-order chi connectivity index (χ0) is 14.8. The number of carbonyl (C=O) groups excluding carboxylic acids is 1. The summed E-state index contributed by atoms with van der Waals surface area (Å²) in [4.78, 5) is 11.7. The van der Waals surface area contributed by atoms with Crippen LogP contribution in [0.15, 0.2) is 18.2 Å². The Morgan fingerprint density at radius 2 is 1.89 bits per heavy atom. The van der Waals surface area contributed by atoms with Crippen molar-refractivity contribution in [3.05, 3.63) is 23.8 Å². The van der Waals surface area contributed by atoms with E-state index in [1.807, 2.05) is 0 Å². The molecule has 0 fully saturated rings. The van der Waals surface area contributed by atoms with E-state index in [-0.39, 0.29) is 5.91 Å². The highest BCUT2D eigenvalue weighted by atomic mass is 32.2. The molecule has 0 radical (unpaired) electrons. The average Bonchev–Trinajstić information content (AvgIpc) is 2.19. The van der Waals surface area contributed by atoms with Crippen LogP contribution in [0, 0.1) is 6.92 Å². The van der Waals surface area contributed by atoms with Gasteiger partial charge in [-0.1, -0.05) is 6.07 Å². The maximum atomic E-state index is 11.7. The number of aryl methyl sites for hydroxylation is 1. The number of rotatable bonds is 4. The predicted molar refractivity (Wildman–Crippen MR) is 76.5 cm³/mol. The summed E-state index contributed by atoms with van der Waals surface area (Å²) in [5.74, 6) is -0.346. The van der Waals surface area contributed by atoms with Gasteiger partial charge in [0, 0.05) is 5.69 Å². The number of carbonyl (C=O) groups is 1. The van der Waals surface area contributed by atoms with Gasteiger partial charge in [0.1, 0.15) is 0 Å². The van der Waals surface area contributed by atoms with E-state index in [0.29, 0.717) is 11.4 Å². The molecule has 0 heterocycles. The molecule has 0 saturated heterocycles. The summed E-state index contributed by atoms with van der Waals surface area (Å²) in [5, 5.41) is 2.64. The van der Waals surface area contributed by atoms with Crippen molar-refractivity contribution in [2.75, 3.05) is 16.3 Å². The summed E-state index contributed by atoms with van der Waals surface area (Å²) < 4.78 is 24.8. The predicted octanol–water partition coefficient (Wildman–Crippen LogP) is 1.04. The molecule has 0 bridgehead atoms. The molecule has 7 heteroatoms. The Hall–Kier alpha value is -1.60. The first-order valence-corrected chi connectivity index (χ1v) is 7.57. The minimum Gasteiger partial charge on any atom is -0.324 e. The van der Waals surface area contributed by atoms with Gasteiger partial charge in [0.05, 0.1) is 17.5 Å². The minimum absolute atomic E-state index is 0.346. The molecule has 1 rings (SSSR count). The summed E-state index contributed by atoms with van der Waals surface area (Å²) in [5.41, 5.74) is 6.34. The third kappa shape index (κ3) is 4.88. The van der Waals surface area contributed by atoms with Gasteiger partial charge in [-0.3, -0.25) is 9.52 Å². The fourth-order valence-electron chi connectivity index (χ4n) is 1.30. The molecule has 4 N–H and O–H groups in total. The van der Waals surface area contributed by atoms with Gasteiger partial charge in [-0.05, 0) is 38.5 Å². The molecule has 0 atom stereocenters. The highest BCUT2D eigenvalue weighted by molar-refractivity contribution is 7.92. The average molecular weight is 285 g/mol. The van der Waals surface area contributed by atoms with E-state index in [4.69, 9.17) is 5.73 Å². The minimum atomic E-state index is -3.36. The molecule has 106 valence electrons. The highest BCUT2D eigenvalue weighted by Crippen LogP contribution is 2.21. The normalized spacial score (nSPS) is 12.1. The molecule has 6 nitrogen and oxygen atoms in total. The van der Waals surface area contributed by atoms with Crippen molar-refractivity contribution < 1.29 is 13.2 Å². The van der Waals surface area contributed by atoms with E-state index in [1.54, 1.807) is 39.0 Å². The quantitative estimate of drug-likeness (QED) is 0.769. The van der Waals surface area contributed by atoms with Crippen LogP contribution >= 0.6 is 0 Å². The lowest BCUT2D eigenvalue weighted by molar-refractivity contribution is -0.120. The van der Waals surface area contributed by atoms with Crippen LogP contribution in [0.25, 0.3) is 0 Å². The molecule has 1 aromatic carbocycles. The van der Waals surface area contributed by atoms with Gasteiger partial charge in [0.25, 0.3) is 0 Å². The largest absolute Gasteiger partial charge is 0.324 e. The number of amides is 1. The number of hydrogen-bond donors (Lipinski definition) is 3. The van der Waals surface area contributed by atoms with Crippen molar-refractivity contribution >= 4 is 27.3 Å². The summed E-state index contributed by atoms with van der Waals surface area (Å²) in [6.07, 6.45) is 1.07. The zero-order valence-corrected chi connectivity index (χ0v) is 12.3. The number of sulfonamides is 1. The van der Waals surface area contributed by atoms with Crippen molar-refractivity contribution in [1.29, 1.82) is 0 Å². The maximum absolute atomic E-state index is 11.7. The Kier molecular flexibility index (Phi) is 4.21. The van der Waals surface area contributed by atoms with E-state index in [2.05, 4.69) is 10.0 Å². The summed E-state index contributed by atoms with van der Waals surface area (Å²) in [7, 11) is -3.36. The molecule has 19 heavy (non-hydrogen) atoms. The van der Waals surface area contributed by atoms with Crippen molar-refractivity contribution in [2.45, 2.75) is 26.3 Å². The maximum Gasteiger partial charge on any atom is 0.243 e. The lowest BCUT2D eigenvalue weighted by atomic mass is 10.1. The van der Waals surface area contributed by atoms with Crippen LogP contribution < -0.4 is 15.8 Å². The third-order valence-corrected chi connectivity index (χ3v) is 2.97. The molecular formula is C12H19N3O3S. The van der Waals surface area contributed by atoms with Crippen molar-refractivity contribution in [2.24, 2.45) is 5.73 Å². The Morgan fingerprint density at radius 1 is 1.32 bits per heavy atom. The molecule has 0 saturated carbocycles. The molecular weight excluding hydrogens is 266 g/mol.